The maximum Gasteiger partial charge on any atom is 0.123 e. The van der Waals surface area contributed by atoms with Crippen LogP contribution in [0.4, 0.5) is 4.39 Å². The molecule has 2 N–H and O–H groups in total. The average Bonchev–Trinajstić information content (AvgIpc) is 2.21. The fourth-order valence-electron chi connectivity index (χ4n) is 0.935. The molecule has 0 spiro atoms. The van der Waals surface area contributed by atoms with Gasteiger partial charge in [0, 0.05) is 28.7 Å². The fraction of sp³-hybridized carbons (Fsp3) is 0.400. The summed E-state index contributed by atoms with van der Waals surface area (Å²) in [4.78, 5) is 1.12. The first-order chi connectivity index (χ1) is 6.83. The van der Waals surface area contributed by atoms with Gasteiger partial charge in [0.2, 0.25) is 0 Å². The molecule has 0 saturated heterocycles. The van der Waals surface area contributed by atoms with Crippen molar-refractivity contribution in [2.45, 2.75) is 4.90 Å². The molecule has 0 unspecified atom stereocenters. The monoisotopic (exact) mass is 231 g/mol. The van der Waals surface area contributed by atoms with Gasteiger partial charge >= 0.3 is 0 Å². The zero-order valence-corrected chi connectivity index (χ0v) is 9.54. The first-order valence-electron chi connectivity index (χ1n) is 4.49. The number of benzene rings is 1. The molecule has 0 amide bonds. The first-order valence-corrected chi connectivity index (χ1v) is 6.63. The van der Waals surface area contributed by atoms with Crippen molar-refractivity contribution < 1.29 is 4.39 Å². The second-order valence-corrected chi connectivity index (χ2v) is 5.10. The largest absolute Gasteiger partial charge is 0.330 e. The van der Waals surface area contributed by atoms with Gasteiger partial charge in [0.15, 0.2) is 0 Å². The molecule has 0 aliphatic carbocycles. The van der Waals surface area contributed by atoms with Gasteiger partial charge in [-0.15, -0.1) is 11.8 Å². The number of hydrogen-bond acceptors (Lipinski definition) is 3. The molecule has 0 aliphatic heterocycles. The molecule has 1 nitrogen and oxygen atoms in total. The average molecular weight is 231 g/mol. The van der Waals surface area contributed by atoms with Crippen LogP contribution in [0.5, 0.6) is 0 Å². The third-order valence-corrected chi connectivity index (χ3v) is 3.86. The van der Waals surface area contributed by atoms with Crippen molar-refractivity contribution in [3.05, 3.63) is 30.1 Å². The van der Waals surface area contributed by atoms with E-state index in [1.165, 1.54) is 12.1 Å². The van der Waals surface area contributed by atoms with Crippen molar-refractivity contribution in [1.29, 1.82) is 0 Å². The SMILES string of the molecule is NCCSCCSc1ccc(F)cc1. The van der Waals surface area contributed by atoms with E-state index >= 15 is 0 Å². The van der Waals surface area contributed by atoms with Crippen molar-refractivity contribution >= 4 is 23.5 Å². The summed E-state index contributed by atoms with van der Waals surface area (Å²) in [7, 11) is 0. The van der Waals surface area contributed by atoms with E-state index < -0.39 is 0 Å². The summed E-state index contributed by atoms with van der Waals surface area (Å²) in [5.74, 6) is 2.99. The van der Waals surface area contributed by atoms with Gasteiger partial charge in [0.1, 0.15) is 5.82 Å². The fourth-order valence-corrected chi connectivity index (χ4v) is 2.67. The summed E-state index contributed by atoms with van der Waals surface area (Å²) in [6, 6.07) is 6.62. The highest BCUT2D eigenvalue weighted by Crippen LogP contribution is 2.19. The number of thioether (sulfide) groups is 2. The van der Waals surface area contributed by atoms with E-state index in [0.717, 1.165) is 28.7 Å². The van der Waals surface area contributed by atoms with Crippen LogP contribution in [0.1, 0.15) is 0 Å². The second-order valence-electron chi connectivity index (χ2n) is 2.70. The minimum Gasteiger partial charge on any atom is -0.330 e. The van der Waals surface area contributed by atoms with Crippen molar-refractivity contribution in [3.63, 3.8) is 0 Å². The Kier molecular flexibility index (Phi) is 6.07. The van der Waals surface area contributed by atoms with E-state index in [9.17, 15) is 4.39 Å². The van der Waals surface area contributed by atoms with Crippen LogP contribution >= 0.6 is 23.5 Å². The van der Waals surface area contributed by atoms with E-state index in [-0.39, 0.29) is 5.82 Å². The molecule has 0 aromatic heterocycles. The molecule has 0 radical (unpaired) electrons. The molecule has 1 aromatic carbocycles. The Morgan fingerprint density at radius 2 is 1.79 bits per heavy atom. The molecule has 4 heteroatoms. The summed E-state index contributed by atoms with van der Waals surface area (Å²) < 4.78 is 12.5. The molecule has 0 bridgehead atoms. The first kappa shape index (κ1) is 11.9. The Hall–Kier alpha value is -0.190. The Labute approximate surface area is 92.6 Å². The van der Waals surface area contributed by atoms with Crippen molar-refractivity contribution in [1.82, 2.24) is 0 Å². The molecule has 14 heavy (non-hydrogen) atoms. The number of halogens is 1. The quantitative estimate of drug-likeness (QED) is 0.602. The van der Waals surface area contributed by atoms with E-state index in [4.69, 9.17) is 5.73 Å². The minimum absolute atomic E-state index is 0.174. The van der Waals surface area contributed by atoms with E-state index in [2.05, 4.69) is 0 Å². The number of rotatable bonds is 6. The van der Waals surface area contributed by atoms with Crippen LogP contribution in [0.3, 0.4) is 0 Å². The van der Waals surface area contributed by atoms with E-state index in [1.54, 1.807) is 11.8 Å². The van der Waals surface area contributed by atoms with Crippen molar-refractivity contribution in [2.24, 2.45) is 5.73 Å². The summed E-state index contributed by atoms with van der Waals surface area (Å²) in [6.45, 7) is 0.742. The maximum absolute atomic E-state index is 12.5. The highest BCUT2D eigenvalue weighted by Gasteiger charge is 1.94. The summed E-state index contributed by atoms with van der Waals surface area (Å²) in [6.07, 6.45) is 0. The summed E-state index contributed by atoms with van der Waals surface area (Å²) in [5, 5.41) is 0. The molecular formula is C10H14FNS2. The zero-order chi connectivity index (χ0) is 10.2. The molecule has 0 atom stereocenters. The van der Waals surface area contributed by atoms with Crippen LogP contribution in [0.25, 0.3) is 0 Å². The van der Waals surface area contributed by atoms with E-state index in [1.807, 2.05) is 23.9 Å². The Bertz CT molecular complexity index is 251. The molecule has 0 heterocycles. The van der Waals surface area contributed by atoms with Crippen LogP contribution < -0.4 is 5.73 Å². The summed E-state index contributed by atoms with van der Waals surface area (Å²) in [5.41, 5.74) is 5.37. The van der Waals surface area contributed by atoms with Crippen LogP contribution in [0, 0.1) is 5.82 Å². The third-order valence-electron chi connectivity index (χ3n) is 1.57. The van der Waals surface area contributed by atoms with Gasteiger partial charge in [-0.2, -0.15) is 11.8 Å². The molecule has 0 aliphatic rings. The topological polar surface area (TPSA) is 26.0 Å². The lowest BCUT2D eigenvalue weighted by molar-refractivity contribution is 0.626. The second kappa shape index (κ2) is 7.15. The lowest BCUT2D eigenvalue weighted by Gasteiger charge is -2.00. The molecule has 78 valence electrons. The third kappa shape index (κ3) is 4.88. The van der Waals surface area contributed by atoms with Gasteiger partial charge in [-0.3, -0.25) is 0 Å². The van der Waals surface area contributed by atoms with Crippen molar-refractivity contribution in [2.75, 3.05) is 23.8 Å². The Morgan fingerprint density at radius 3 is 2.43 bits per heavy atom. The molecular weight excluding hydrogens is 217 g/mol. The highest BCUT2D eigenvalue weighted by atomic mass is 32.2. The standard InChI is InChI=1S/C10H14FNS2/c11-9-1-3-10(4-2-9)14-8-7-13-6-5-12/h1-4H,5-8,12H2. The number of hydrogen-bond donors (Lipinski definition) is 1. The van der Waals surface area contributed by atoms with Crippen LogP contribution in [0.15, 0.2) is 29.2 Å². The molecule has 0 saturated carbocycles. The van der Waals surface area contributed by atoms with Gasteiger partial charge in [0.25, 0.3) is 0 Å². The predicted octanol–water partition coefficient (Wildman–Crippen LogP) is 2.61. The Morgan fingerprint density at radius 1 is 1.07 bits per heavy atom. The van der Waals surface area contributed by atoms with Gasteiger partial charge in [-0.1, -0.05) is 0 Å². The molecule has 1 rings (SSSR count). The lowest BCUT2D eigenvalue weighted by atomic mass is 10.4. The molecule has 0 fully saturated rings. The van der Waals surface area contributed by atoms with Crippen LogP contribution in [-0.2, 0) is 0 Å². The van der Waals surface area contributed by atoms with Gasteiger partial charge in [-0.25, -0.2) is 4.39 Å². The maximum atomic E-state index is 12.5. The highest BCUT2D eigenvalue weighted by molar-refractivity contribution is 8.02. The predicted molar refractivity (Wildman–Crippen MR) is 63.5 cm³/mol. The van der Waals surface area contributed by atoms with Gasteiger partial charge < -0.3 is 5.73 Å². The number of nitrogens with two attached hydrogens (primary N) is 1. The zero-order valence-electron chi connectivity index (χ0n) is 7.91. The lowest BCUT2D eigenvalue weighted by Crippen LogP contribution is -2.02. The molecule has 1 aromatic rings. The van der Waals surface area contributed by atoms with Crippen LogP contribution in [0.2, 0.25) is 0 Å². The van der Waals surface area contributed by atoms with Crippen molar-refractivity contribution in [3.8, 4) is 0 Å². The smallest absolute Gasteiger partial charge is 0.123 e. The van der Waals surface area contributed by atoms with E-state index in [0.29, 0.717) is 0 Å². The van der Waals surface area contributed by atoms with Gasteiger partial charge in [-0.05, 0) is 24.3 Å². The Balaban J connectivity index is 2.15. The summed E-state index contributed by atoms with van der Waals surface area (Å²) >= 11 is 3.61. The minimum atomic E-state index is -0.174. The van der Waals surface area contributed by atoms with Crippen LogP contribution in [-0.4, -0.2) is 23.8 Å². The normalized spacial score (nSPS) is 10.4. The van der Waals surface area contributed by atoms with Gasteiger partial charge in [0.05, 0.1) is 0 Å².